The molecule has 1 rings (SSSR count). The van der Waals surface area contributed by atoms with Gasteiger partial charge in [-0.05, 0) is 30.7 Å². The van der Waals surface area contributed by atoms with Crippen molar-refractivity contribution in [2.75, 3.05) is 37.4 Å². The van der Waals surface area contributed by atoms with Gasteiger partial charge in [0.25, 0.3) is 0 Å². The van der Waals surface area contributed by atoms with Crippen molar-refractivity contribution in [3.05, 3.63) is 24.3 Å². The summed E-state index contributed by atoms with van der Waals surface area (Å²) in [7, 11) is 3.93. The molecule has 0 aliphatic rings. The Hall–Kier alpha value is -2.04. The van der Waals surface area contributed by atoms with E-state index in [1.165, 1.54) is 6.92 Å². The van der Waals surface area contributed by atoms with Crippen LogP contribution in [0.1, 0.15) is 33.1 Å². The highest BCUT2D eigenvalue weighted by atomic mass is 16.2. The van der Waals surface area contributed by atoms with Crippen LogP contribution in [0.2, 0.25) is 0 Å². The average molecular weight is 305 g/mol. The highest BCUT2D eigenvalue weighted by Gasteiger charge is 2.13. The van der Waals surface area contributed by atoms with Gasteiger partial charge in [0.15, 0.2) is 0 Å². The van der Waals surface area contributed by atoms with Gasteiger partial charge < -0.3 is 15.1 Å². The normalized spacial score (nSPS) is 10.2. The third kappa shape index (κ3) is 6.16. The molecular formula is C17H27N3O2. The number of rotatable bonds is 8. The number of nitrogens with one attached hydrogen (secondary N) is 1. The third-order valence-corrected chi connectivity index (χ3v) is 3.48. The van der Waals surface area contributed by atoms with Crippen molar-refractivity contribution in [3.8, 4) is 0 Å². The van der Waals surface area contributed by atoms with E-state index in [0.29, 0.717) is 6.54 Å². The van der Waals surface area contributed by atoms with Gasteiger partial charge in [-0.25, -0.2) is 0 Å². The molecule has 122 valence electrons. The summed E-state index contributed by atoms with van der Waals surface area (Å²) in [6.45, 7) is 4.36. The molecule has 0 aromatic heterocycles. The molecule has 5 nitrogen and oxygen atoms in total. The van der Waals surface area contributed by atoms with E-state index < -0.39 is 0 Å². The summed E-state index contributed by atoms with van der Waals surface area (Å²) in [5.74, 6) is -0.224. The Morgan fingerprint density at radius 2 is 1.73 bits per heavy atom. The van der Waals surface area contributed by atoms with Crippen molar-refractivity contribution >= 4 is 23.2 Å². The zero-order valence-corrected chi connectivity index (χ0v) is 14.1. The lowest BCUT2D eigenvalue weighted by Gasteiger charge is -2.20. The van der Waals surface area contributed by atoms with Crippen LogP contribution in [0.4, 0.5) is 11.4 Å². The standard InChI is InChI=1S/C17H27N3O2/c1-5-6-7-12-20(14(2)21)13-17(22)18-15-8-10-16(11-9-15)19(3)4/h8-11H,5-7,12-13H2,1-4H3,(H,18,22). The number of amides is 2. The lowest BCUT2D eigenvalue weighted by atomic mass is 10.2. The monoisotopic (exact) mass is 305 g/mol. The third-order valence-electron chi connectivity index (χ3n) is 3.48. The molecule has 0 spiro atoms. The van der Waals surface area contributed by atoms with Crippen molar-refractivity contribution in [3.63, 3.8) is 0 Å². The smallest absolute Gasteiger partial charge is 0.243 e. The van der Waals surface area contributed by atoms with Crippen molar-refractivity contribution in [1.82, 2.24) is 4.90 Å². The van der Waals surface area contributed by atoms with Gasteiger partial charge in [-0.3, -0.25) is 9.59 Å². The predicted molar refractivity (Wildman–Crippen MR) is 91.2 cm³/mol. The molecule has 0 aliphatic carbocycles. The first kappa shape index (κ1) is 18.0. The van der Waals surface area contributed by atoms with E-state index in [1.807, 2.05) is 43.3 Å². The lowest BCUT2D eigenvalue weighted by Crippen LogP contribution is -2.37. The molecule has 0 heterocycles. The van der Waals surface area contributed by atoms with Crippen LogP contribution >= 0.6 is 0 Å². The maximum Gasteiger partial charge on any atom is 0.243 e. The Balaban J connectivity index is 2.53. The van der Waals surface area contributed by atoms with Gasteiger partial charge in [-0.2, -0.15) is 0 Å². The van der Waals surface area contributed by atoms with Crippen molar-refractivity contribution in [1.29, 1.82) is 0 Å². The zero-order valence-electron chi connectivity index (χ0n) is 14.1. The maximum atomic E-state index is 12.1. The van der Waals surface area contributed by atoms with Crippen LogP contribution in [0.5, 0.6) is 0 Å². The Kier molecular flexibility index (Phi) is 7.43. The van der Waals surface area contributed by atoms with Crippen LogP contribution in [0.3, 0.4) is 0 Å². The second kappa shape index (κ2) is 9.07. The van der Waals surface area contributed by atoms with E-state index in [4.69, 9.17) is 0 Å². The second-order valence-corrected chi connectivity index (χ2v) is 5.64. The Morgan fingerprint density at radius 1 is 1.09 bits per heavy atom. The van der Waals surface area contributed by atoms with E-state index >= 15 is 0 Å². The van der Waals surface area contributed by atoms with E-state index in [-0.39, 0.29) is 18.4 Å². The molecule has 5 heteroatoms. The van der Waals surface area contributed by atoms with Gasteiger partial charge in [0.05, 0.1) is 6.54 Å². The van der Waals surface area contributed by atoms with E-state index in [1.54, 1.807) is 4.90 Å². The van der Waals surface area contributed by atoms with Gasteiger partial charge in [0.2, 0.25) is 11.8 Å². The molecule has 1 aromatic rings. The van der Waals surface area contributed by atoms with Crippen LogP contribution < -0.4 is 10.2 Å². The number of hydrogen-bond acceptors (Lipinski definition) is 3. The predicted octanol–water partition coefficient (Wildman–Crippen LogP) is 2.73. The highest BCUT2D eigenvalue weighted by Crippen LogP contribution is 2.15. The molecule has 0 fully saturated rings. The quantitative estimate of drug-likeness (QED) is 0.751. The minimum Gasteiger partial charge on any atom is -0.378 e. The summed E-state index contributed by atoms with van der Waals surface area (Å²) in [6.07, 6.45) is 3.09. The summed E-state index contributed by atoms with van der Waals surface area (Å²) in [4.78, 5) is 27.2. The minimum absolute atomic E-state index is 0.0609. The molecule has 1 aromatic carbocycles. The number of carbonyl (C=O) groups is 2. The summed E-state index contributed by atoms with van der Waals surface area (Å²) >= 11 is 0. The average Bonchev–Trinajstić information content (AvgIpc) is 2.46. The van der Waals surface area contributed by atoms with E-state index in [9.17, 15) is 9.59 Å². The first-order valence-corrected chi connectivity index (χ1v) is 7.76. The Morgan fingerprint density at radius 3 is 2.23 bits per heavy atom. The van der Waals surface area contributed by atoms with Gasteiger partial charge in [0.1, 0.15) is 0 Å². The molecule has 0 radical (unpaired) electrons. The first-order chi connectivity index (χ1) is 10.4. The Labute approximate surface area is 133 Å². The van der Waals surface area contributed by atoms with E-state index in [0.717, 1.165) is 30.6 Å². The topological polar surface area (TPSA) is 52.7 Å². The van der Waals surface area contributed by atoms with Crippen LogP contribution in [-0.4, -0.2) is 43.9 Å². The van der Waals surface area contributed by atoms with Crippen LogP contribution in [-0.2, 0) is 9.59 Å². The van der Waals surface area contributed by atoms with Crippen molar-refractivity contribution in [2.24, 2.45) is 0 Å². The molecule has 2 amide bonds. The van der Waals surface area contributed by atoms with Gasteiger partial charge in [-0.15, -0.1) is 0 Å². The molecule has 0 unspecified atom stereocenters. The molecular weight excluding hydrogens is 278 g/mol. The van der Waals surface area contributed by atoms with Gasteiger partial charge >= 0.3 is 0 Å². The molecule has 22 heavy (non-hydrogen) atoms. The lowest BCUT2D eigenvalue weighted by molar-refractivity contribution is -0.132. The first-order valence-electron chi connectivity index (χ1n) is 7.76. The fraction of sp³-hybridized carbons (Fsp3) is 0.529. The SMILES string of the molecule is CCCCCN(CC(=O)Nc1ccc(N(C)C)cc1)C(C)=O. The van der Waals surface area contributed by atoms with Crippen LogP contribution in [0, 0.1) is 0 Å². The maximum absolute atomic E-state index is 12.1. The summed E-state index contributed by atoms with van der Waals surface area (Å²) in [5.41, 5.74) is 1.82. The number of carbonyl (C=O) groups excluding carboxylic acids is 2. The van der Waals surface area contributed by atoms with Crippen molar-refractivity contribution < 1.29 is 9.59 Å². The van der Waals surface area contributed by atoms with E-state index in [2.05, 4.69) is 12.2 Å². The molecule has 0 saturated heterocycles. The summed E-state index contributed by atoms with van der Waals surface area (Å²) < 4.78 is 0. The molecule has 0 saturated carbocycles. The fourth-order valence-corrected chi connectivity index (χ4v) is 2.12. The van der Waals surface area contributed by atoms with Crippen LogP contribution in [0.25, 0.3) is 0 Å². The van der Waals surface area contributed by atoms with Crippen LogP contribution in [0.15, 0.2) is 24.3 Å². The number of anilines is 2. The number of hydrogen-bond donors (Lipinski definition) is 1. The molecule has 0 atom stereocenters. The number of benzene rings is 1. The summed E-state index contributed by atoms with van der Waals surface area (Å²) in [6, 6.07) is 7.62. The largest absolute Gasteiger partial charge is 0.378 e. The highest BCUT2D eigenvalue weighted by molar-refractivity contribution is 5.94. The van der Waals surface area contributed by atoms with Gasteiger partial charge in [0, 0.05) is 38.9 Å². The molecule has 0 bridgehead atoms. The fourth-order valence-electron chi connectivity index (χ4n) is 2.12. The van der Waals surface area contributed by atoms with Gasteiger partial charge in [-0.1, -0.05) is 19.8 Å². The Bertz CT molecular complexity index is 483. The second-order valence-electron chi connectivity index (χ2n) is 5.64. The molecule has 0 aliphatic heterocycles. The minimum atomic E-state index is -0.163. The number of unbranched alkanes of at least 4 members (excludes halogenated alkanes) is 2. The zero-order chi connectivity index (χ0) is 16.5. The summed E-state index contributed by atoms with van der Waals surface area (Å²) in [5, 5.41) is 2.83. The molecule has 1 N–H and O–H groups in total. The van der Waals surface area contributed by atoms with Crippen molar-refractivity contribution in [2.45, 2.75) is 33.1 Å². The number of nitrogens with zero attached hydrogens (tertiary/aromatic N) is 2.